The van der Waals surface area contributed by atoms with E-state index in [0.29, 0.717) is 12.2 Å². The van der Waals surface area contributed by atoms with Gasteiger partial charge >= 0.3 is 6.09 Å². The highest BCUT2D eigenvalue weighted by atomic mass is 127. The van der Waals surface area contributed by atoms with Crippen molar-refractivity contribution in [2.45, 2.75) is 13.5 Å². The smallest absolute Gasteiger partial charge is 0.411 e. The minimum atomic E-state index is -0.478. The second kappa shape index (κ2) is 13.0. The zero-order chi connectivity index (χ0) is 22.1. The van der Waals surface area contributed by atoms with Crippen molar-refractivity contribution in [2.24, 2.45) is 4.99 Å². The summed E-state index contributed by atoms with van der Waals surface area (Å²) in [5, 5.41) is 6.06. The number of nitrogens with zero attached hydrogens (tertiary/aromatic N) is 3. The number of halogens is 1. The van der Waals surface area contributed by atoms with Crippen LogP contribution in [0.3, 0.4) is 0 Å². The van der Waals surface area contributed by atoms with Crippen LogP contribution < -0.4 is 20.3 Å². The van der Waals surface area contributed by atoms with Gasteiger partial charge in [0.05, 0.1) is 20.8 Å². The zero-order valence-corrected chi connectivity index (χ0v) is 21.2. The first-order valence-electron chi connectivity index (χ1n) is 10.5. The summed E-state index contributed by atoms with van der Waals surface area (Å²) in [6.45, 7) is 7.14. The van der Waals surface area contributed by atoms with Crippen molar-refractivity contribution in [3.05, 3.63) is 54.1 Å². The molecular weight excluding hydrogens is 521 g/mol. The number of piperazine rings is 1. The molecule has 32 heavy (non-hydrogen) atoms. The van der Waals surface area contributed by atoms with E-state index in [2.05, 4.69) is 44.2 Å². The van der Waals surface area contributed by atoms with Crippen LogP contribution in [-0.2, 0) is 11.3 Å². The predicted molar refractivity (Wildman–Crippen MR) is 139 cm³/mol. The Balaban J connectivity index is 0.00000363. The molecule has 0 radical (unpaired) electrons. The molecule has 0 bridgehead atoms. The van der Waals surface area contributed by atoms with Crippen LogP contribution in [0.25, 0.3) is 0 Å². The molecule has 0 saturated carbocycles. The van der Waals surface area contributed by atoms with Gasteiger partial charge in [0.15, 0.2) is 5.96 Å². The number of ether oxygens (including phenoxy) is 2. The average molecular weight is 553 g/mol. The maximum atomic E-state index is 11.3. The van der Waals surface area contributed by atoms with Gasteiger partial charge in [-0.05, 0) is 48.9 Å². The molecule has 9 heteroatoms. The molecule has 1 saturated heterocycles. The molecule has 0 spiro atoms. The summed E-state index contributed by atoms with van der Waals surface area (Å²) in [5.41, 5.74) is 2.98. The number of rotatable bonds is 6. The number of carbonyl (C=O) groups is 1. The van der Waals surface area contributed by atoms with Crippen LogP contribution in [0.15, 0.2) is 53.5 Å². The Hall–Kier alpha value is -2.69. The highest BCUT2D eigenvalue weighted by Crippen LogP contribution is 2.20. The van der Waals surface area contributed by atoms with Crippen molar-refractivity contribution < 1.29 is 14.3 Å². The molecule has 3 rings (SSSR count). The lowest BCUT2D eigenvalue weighted by Gasteiger charge is -2.37. The molecular formula is C23H32IN5O3. The Morgan fingerprint density at radius 1 is 1.00 bits per heavy atom. The van der Waals surface area contributed by atoms with E-state index in [9.17, 15) is 4.79 Å². The largest absolute Gasteiger partial charge is 0.497 e. The Kier molecular flexibility index (Phi) is 10.4. The number of amides is 1. The Labute approximate surface area is 207 Å². The molecule has 1 heterocycles. The summed E-state index contributed by atoms with van der Waals surface area (Å²) in [4.78, 5) is 20.8. The lowest BCUT2D eigenvalue weighted by molar-refractivity contribution is 0.187. The number of anilines is 2. The van der Waals surface area contributed by atoms with Crippen molar-refractivity contribution in [3.8, 4) is 5.75 Å². The minimum absolute atomic E-state index is 0. The van der Waals surface area contributed by atoms with Crippen molar-refractivity contribution in [1.82, 2.24) is 10.2 Å². The molecule has 0 atom stereocenters. The summed E-state index contributed by atoms with van der Waals surface area (Å²) < 4.78 is 9.86. The molecule has 0 aromatic heterocycles. The van der Waals surface area contributed by atoms with Crippen LogP contribution in [-0.4, -0.2) is 63.9 Å². The van der Waals surface area contributed by atoms with Gasteiger partial charge in [0.2, 0.25) is 0 Å². The van der Waals surface area contributed by atoms with Crippen molar-refractivity contribution in [2.75, 3.05) is 57.2 Å². The number of nitrogens with one attached hydrogen (secondary N) is 2. The van der Waals surface area contributed by atoms with E-state index in [-0.39, 0.29) is 24.0 Å². The van der Waals surface area contributed by atoms with E-state index in [1.54, 1.807) is 7.11 Å². The van der Waals surface area contributed by atoms with E-state index in [4.69, 9.17) is 9.73 Å². The van der Waals surface area contributed by atoms with Crippen molar-refractivity contribution >= 4 is 47.4 Å². The van der Waals surface area contributed by atoms with Gasteiger partial charge in [-0.3, -0.25) is 5.32 Å². The van der Waals surface area contributed by atoms with Gasteiger partial charge in [-0.15, -0.1) is 24.0 Å². The van der Waals surface area contributed by atoms with Gasteiger partial charge in [-0.2, -0.15) is 0 Å². The third kappa shape index (κ3) is 7.18. The summed E-state index contributed by atoms with van der Waals surface area (Å²) in [5.74, 6) is 1.80. The van der Waals surface area contributed by atoms with Crippen molar-refractivity contribution in [1.29, 1.82) is 0 Å². The van der Waals surface area contributed by atoms with E-state index in [1.807, 2.05) is 36.4 Å². The van der Waals surface area contributed by atoms with Gasteiger partial charge in [-0.25, -0.2) is 9.79 Å². The fourth-order valence-electron chi connectivity index (χ4n) is 3.42. The summed E-state index contributed by atoms with van der Waals surface area (Å²) >= 11 is 0. The highest BCUT2D eigenvalue weighted by molar-refractivity contribution is 14.0. The monoisotopic (exact) mass is 553 g/mol. The molecule has 1 aliphatic heterocycles. The first-order chi connectivity index (χ1) is 15.1. The number of methoxy groups -OCH3 is 2. The number of aliphatic imine (C=N–C) groups is 1. The molecule has 8 nitrogen and oxygen atoms in total. The maximum absolute atomic E-state index is 11.3. The van der Waals surface area contributed by atoms with Crippen LogP contribution in [0.5, 0.6) is 5.75 Å². The minimum Gasteiger partial charge on any atom is -0.497 e. The number of hydrogen-bond donors (Lipinski definition) is 2. The molecule has 1 aliphatic rings. The second-order valence-corrected chi connectivity index (χ2v) is 7.16. The van der Waals surface area contributed by atoms with E-state index in [0.717, 1.165) is 50.0 Å². The van der Waals surface area contributed by atoms with Gasteiger partial charge in [0, 0.05) is 44.1 Å². The standard InChI is InChI=1S/C23H31N5O3.HI/c1-4-24-22(25-17-18-5-7-19(8-6-18)26-23(29)31-3)28-15-13-27(14-16-28)20-9-11-21(30-2)12-10-20;/h5-12H,4,13-17H2,1-3H3,(H,24,25)(H,26,29);1H. The predicted octanol–water partition coefficient (Wildman–Crippen LogP) is 3.78. The lowest BCUT2D eigenvalue weighted by Crippen LogP contribution is -2.52. The molecule has 1 amide bonds. The molecule has 2 N–H and O–H groups in total. The molecule has 0 unspecified atom stereocenters. The van der Waals surface area contributed by atoms with Crippen LogP contribution in [0.2, 0.25) is 0 Å². The molecule has 2 aromatic carbocycles. The fourth-order valence-corrected chi connectivity index (χ4v) is 3.42. The van der Waals surface area contributed by atoms with Gasteiger partial charge in [-0.1, -0.05) is 12.1 Å². The van der Waals surface area contributed by atoms with Crippen LogP contribution in [0, 0.1) is 0 Å². The Bertz CT molecular complexity index is 866. The zero-order valence-electron chi connectivity index (χ0n) is 18.8. The van der Waals surface area contributed by atoms with Crippen LogP contribution >= 0.6 is 24.0 Å². The van der Waals surface area contributed by atoms with E-state index < -0.39 is 6.09 Å². The topological polar surface area (TPSA) is 78.4 Å². The number of guanidine groups is 1. The maximum Gasteiger partial charge on any atom is 0.411 e. The molecule has 0 aliphatic carbocycles. The third-order valence-electron chi connectivity index (χ3n) is 5.15. The van der Waals surface area contributed by atoms with Gasteiger partial charge in [0.25, 0.3) is 0 Å². The van der Waals surface area contributed by atoms with E-state index >= 15 is 0 Å². The highest BCUT2D eigenvalue weighted by Gasteiger charge is 2.19. The lowest BCUT2D eigenvalue weighted by atomic mass is 10.2. The fraction of sp³-hybridized carbons (Fsp3) is 0.391. The number of hydrogen-bond acceptors (Lipinski definition) is 5. The SMILES string of the molecule is CCNC(=NCc1ccc(NC(=O)OC)cc1)N1CCN(c2ccc(OC)cc2)CC1.I. The average Bonchev–Trinajstić information content (AvgIpc) is 2.83. The first kappa shape index (κ1) is 25.6. The second-order valence-electron chi connectivity index (χ2n) is 7.16. The Morgan fingerprint density at radius 3 is 2.22 bits per heavy atom. The van der Waals surface area contributed by atoms with Gasteiger partial charge < -0.3 is 24.6 Å². The van der Waals surface area contributed by atoms with Crippen LogP contribution in [0.4, 0.5) is 16.2 Å². The summed E-state index contributed by atoms with van der Waals surface area (Å²) in [6.07, 6.45) is -0.478. The molecule has 174 valence electrons. The Morgan fingerprint density at radius 2 is 1.66 bits per heavy atom. The molecule has 1 fully saturated rings. The number of carbonyl (C=O) groups excluding carboxylic acids is 1. The van der Waals surface area contributed by atoms with E-state index in [1.165, 1.54) is 12.8 Å². The van der Waals surface area contributed by atoms with Gasteiger partial charge in [0.1, 0.15) is 5.75 Å². The third-order valence-corrected chi connectivity index (χ3v) is 5.15. The first-order valence-corrected chi connectivity index (χ1v) is 10.5. The molecule has 2 aromatic rings. The van der Waals surface area contributed by atoms with Crippen molar-refractivity contribution in [3.63, 3.8) is 0 Å². The van der Waals surface area contributed by atoms with Crippen LogP contribution in [0.1, 0.15) is 12.5 Å². The number of benzene rings is 2. The quantitative estimate of drug-likeness (QED) is 0.322. The normalized spacial score (nSPS) is 13.8. The summed E-state index contributed by atoms with van der Waals surface area (Å²) in [6, 6.07) is 15.8. The summed E-state index contributed by atoms with van der Waals surface area (Å²) in [7, 11) is 3.03.